The smallest absolute Gasteiger partial charge is 0.410 e. The molecule has 0 aromatic heterocycles. The molecule has 1 unspecified atom stereocenters. The fraction of sp³-hybridized carbons (Fsp3) is 0.652. The average Bonchev–Trinajstić information content (AvgIpc) is 3.40. The van der Waals surface area contributed by atoms with Gasteiger partial charge in [-0.15, -0.1) is 0 Å². The summed E-state index contributed by atoms with van der Waals surface area (Å²) in [7, 11) is 0. The molecule has 6 heteroatoms. The maximum absolute atomic E-state index is 13.0. The molecule has 29 heavy (non-hydrogen) atoms. The van der Waals surface area contributed by atoms with Gasteiger partial charge in [-0.05, 0) is 45.1 Å². The van der Waals surface area contributed by atoms with Crippen molar-refractivity contribution in [2.45, 2.75) is 77.6 Å². The highest BCUT2D eigenvalue weighted by atomic mass is 16.6. The largest absolute Gasteiger partial charge is 0.498 e. The number of benzene rings is 1. The molecule has 1 saturated heterocycles. The lowest BCUT2D eigenvalue weighted by molar-refractivity contribution is -0.949. The van der Waals surface area contributed by atoms with Crippen molar-refractivity contribution in [1.82, 2.24) is 4.90 Å². The van der Waals surface area contributed by atoms with Gasteiger partial charge in [0.1, 0.15) is 19.2 Å². The minimum Gasteiger partial charge on any atom is -0.498 e. The van der Waals surface area contributed by atoms with Crippen LogP contribution in [-0.4, -0.2) is 51.8 Å². The number of rotatable bonds is 4. The Morgan fingerprint density at radius 1 is 1.24 bits per heavy atom. The summed E-state index contributed by atoms with van der Waals surface area (Å²) >= 11 is 0. The predicted molar refractivity (Wildman–Crippen MR) is 109 cm³/mol. The highest BCUT2D eigenvalue weighted by Crippen LogP contribution is 2.51. The highest BCUT2D eigenvalue weighted by molar-refractivity contribution is 5.70. The van der Waals surface area contributed by atoms with Gasteiger partial charge in [-0.1, -0.05) is 44.2 Å². The second-order valence-electron chi connectivity index (χ2n) is 10.1. The Hall–Kier alpha value is -2.08. The van der Waals surface area contributed by atoms with E-state index in [2.05, 4.69) is 13.8 Å². The number of carbonyl (C=O) groups excluding carboxylic acids is 2. The number of quaternary nitrogens is 1. The van der Waals surface area contributed by atoms with Gasteiger partial charge >= 0.3 is 6.09 Å². The summed E-state index contributed by atoms with van der Waals surface area (Å²) in [5.74, 6) is 0.314. The average molecular weight is 403 g/mol. The molecule has 3 rings (SSSR count). The molecule has 1 spiro atoms. The maximum atomic E-state index is 13.0. The molecule has 0 radical (unpaired) electrons. The molecule has 0 bridgehead atoms. The Morgan fingerprint density at radius 3 is 2.34 bits per heavy atom. The number of nitrogens with zero attached hydrogens (tertiary/aromatic N) is 2. The second kappa shape index (κ2) is 7.63. The third-order valence-electron chi connectivity index (χ3n) is 6.65. The fourth-order valence-corrected chi connectivity index (χ4v) is 4.93. The summed E-state index contributed by atoms with van der Waals surface area (Å²) in [6.45, 7) is 11.1. The van der Waals surface area contributed by atoms with Crippen LogP contribution in [0.2, 0.25) is 0 Å². The molecule has 1 aliphatic carbocycles. The van der Waals surface area contributed by atoms with Crippen LogP contribution in [0.25, 0.3) is 0 Å². The van der Waals surface area contributed by atoms with Crippen LogP contribution >= 0.6 is 0 Å². The minimum atomic E-state index is -1.04. The molecule has 6 nitrogen and oxygen atoms in total. The molecule has 2 fully saturated rings. The van der Waals surface area contributed by atoms with Crippen LogP contribution in [0.15, 0.2) is 30.3 Å². The zero-order chi connectivity index (χ0) is 21.4. The molecule has 0 N–H and O–H groups in total. The van der Waals surface area contributed by atoms with E-state index in [1.165, 1.54) is 0 Å². The van der Waals surface area contributed by atoms with Gasteiger partial charge in [-0.3, -0.25) is 9.38 Å². The first-order chi connectivity index (χ1) is 13.5. The number of hydrogen-bond acceptors (Lipinski definition) is 4. The Bertz CT molecular complexity index is 752. The van der Waals surface area contributed by atoms with Crippen molar-refractivity contribution >= 4 is 12.2 Å². The Labute approximate surface area is 174 Å². The fourth-order valence-electron chi connectivity index (χ4n) is 4.93. The molecule has 1 aliphatic heterocycles. The van der Waals surface area contributed by atoms with E-state index >= 15 is 0 Å². The standard InChI is InChI=1S/C23H34N2O4/c1-17(2)13-19-14-24(20(26)29-15-18-9-7-6-8-10-18)23(11-12-23)16-25(19,21(27)28)22(3,4)5/h6-10,17,19H,11-16H2,1-5H3/t19-,25?/m1/s1. The molecule has 2 atom stereocenters. The van der Waals surface area contributed by atoms with Crippen LogP contribution in [0.1, 0.15) is 59.4 Å². The topological polar surface area (TPSA) is 69.7 Å². The molecule has 2 aliphatic rings. The number of carbonyl (C=O) groups is 2. The van der Waals surface area contributed by atoms with Crippen LogP contribution < -0.4 is 5.11 Å². The van der Waals surface area contributed by atoms with Crippen molar-refractivity contribution in [3.8, 4) is 0 Å². The van der Waals surface area contributed by atoms with Crippen molar-refractivity contribution in [2.24, 2.45) is 5.92 Å². The van der Waals surface area contributed by atoms with E-state index in [0.717, 1.165) is 18.4 Å². The molecular weight excluding hydrogens is 368 g/mol. The molecule has 2 amide bonds. The number of carboxylic acid groups (broad SMARTS) is 1. The summed E-state index contributed by atoms with van der Waals surface area (Å²) in [6, 6.07) is 9.39. The van der Waals surface area contributed by atoms with Gasteiger partial charge in [-0.2, -0.15) is 0 Å². The predicted octanol–water partition coefficient (Wildman–Crippen LogP) is 3.54. The third-order valence-corrected chi connectivity index (χ3v) is 6.65. The second-order valence-corrected chi connectivity index (χ2v) is 10.1. The van der Waals surface area contributed by atoms with Gasteiger partial charge < -0.3 is 14.6 Å². The number of ether oxygens (including phenoxy) is 1. The van der Waals surface area contributed by atoms with Crippen LogP contribution in [0.3, 0.4) is 0 Å². The highest BCUT2D eigenvalue weighted by Gasteiger charge is 2.66. The van der Waals surface area contributed by atoms with Crippen molar-refractivity contribution < 1.29 is 23.9 Å². The number of amides is 2. The molecule has 1 aromatic rings. The molecule has 1 saturated carbocycles. The van der Waals surface area contributed by atoms with E-state index in [-0.39, 0.29) is 23.2 Å². The van der Waals surface area contributed by atoms with Gasteiger partial charge in [0.2, 0.25) is 0 Å². The lowest BCUT2D eigenvalue weighted by Crippen LogP contribution is -2.80. The van der Waals surface area contributed by atoms with Crippen molar-refractivity contribution in [1.29, 1.82) is 0 Å². The zero-order valence-corrected chi connectivity index (χ0v) is 18.3. The van der Waals surface area contributed by atoms with Crippen LogP contribution in [-0.2, 0) is 11.3 Å². The summed E-state index contributed by atoms with van der Waals surface area (Å²) in [5, 5.41) is 12.5. The monoisotopic (exact) mass is 402 g/mol. The van der Waals surface area contributed by atoms with Crippen molar-refractivity contribution in [3.63, 3.8) is 0 Å². The summed E-state index contributed by atoms with van der Waals surface area (Å²) in [4.78, 5) is 27.4. The summed E-state index contributed by atoms with van der Waals surface area (Å²) in [6.07, 6.45) is 0.956. The van der Waals surface area contributed by atoms with E-state index in [1.54, 1.807) is 0 Å². The van der Waals surface area contributed by atoms with Crippen LogP contribution in [0.4, 0.5) is 9.59 Å². The first-order valence-corrected chi connectivity index (χ1v) is 10.6. The SMILES string of the molecule is CC(C)C[C@@H]1CN(C(=O)OCc2ccccc2)C2(CC2)C[N+]1(C(=O)[O-])C(C)(C)C. The lowest BCUT2D eigenvalue weighted by Gasteiger charge is -2.59. The van der Waals surface area contributed by atoms with Crippen LogP contribution in [0.5, 0.6) is 0 Å². The normalized spacial score (nSPS) is 25.9. The molecule has 160 valence electrons. The van der Waals surface area contributed by atoms with Gasteiger partial charge in [-0.25, -0.2) is 4.79 Å². The van der Waals surface area contributed by atoms with E-state index < -0.39 is 17.2 Å². The number of hydrogen-bond donors (Lipinski definition) is 0. The van der Waals surface area contributed by atoms with E-state index in [0.29, 0.717) is 25.4 Å². The maximum Gasteiger partial charge on any atom is 0.410 e. The summed E-state index contributed by atoms with van der Waals surface area (Å²) in [5.41, 5.74) is -0.0150. The Balaban J connectivity index is 1.86. The zero-order valence-electron chi connectivity index (χ0n) is 18.3. The van der Waals surface area contributed by atoms with E-state index in [9.17, 15) is 14.7 Å². The third kappa shape index (κ3) is 4.00. The Morgan fingerprint density at radius 2 is 1.86 bits per heavy atom. The molecular formula is C23H34N2O4. The van der Waals surface area contributed by atoms with Gasteiger partial charge in [0.05, 0.1) is 17.6 Å². The molecule has 1 aromatic carbocycles. The lowest BCUT2D eigenvalue weighted by atomic mass is 9.87. The van der Waals surface area contributed by atoms with Crippen molar-refractivity contribution in [3.05, 3.63) is 35.9 Å². The first-order valence-electron chi connectivity index (χ1n) is 10.6. The van der Waals surface area contributed by atoms with E-state index in [4.69, 9.17) is 4.74 Å². The van der Waals surface area contributed by atoms with Gasteiger partial charge in [0.25, 0.3) is 6.09 Å². The van der Waals surface area contributed by atoms with Gasteiger partial charge in [0.15, 0.2) is 0 Å². The first kappa shape index (κ1) is 21.6. The van der Waals surface area contributed by atoms with Crippen LogP contribution in [0, 0.1) is 5.92 Å². The molecule has 1 heterocycles. The Kier molecular flexibility index (Phi) is 5.69. The summed E-state index contributed by atoms with van der Waals surface area (Å²) < 4.78 is 5.52. The minimum absolute atomic E-state index is 0.104. The van der Waals surface area contributed by atoms with E-state index in [1.807, 2.05) is 56.0 Å². The van der Waals surface area contributed by atoms with Gasteiger partial charge in [0, 0.05) is 6.42 Å². The quantitative estimate of drug-likeness (QED) is 0.722. The van der Waals surface area contributed by atoms with Crippen molar-refractivity contribution in [2.75, 3.05) is 13.1 Å². The number of piperazine rings is 1.